The minimum absolute atomic E-state index is 0.0382. The van der Waals surface area contributed by atoms with E-state index in [2.05, 4.69) is 20.8 Å². The Hall–Kier alpha value is -0.730. The average molecular weight is 199 g/mol. The van der Waals surface area contributed by atoms with Gasteiger partial charge in [0, 0.05) is 0 Å². The van der Waals surface area contributed by atoms with Gasteiger partial charge in [-0.2, -0.15) is 0 Å². The summed E-state index contributed by atoms with van der Waals surface area (Å²) in [6.07, 6.45) is 2.76. The van der Waals surface area contributed by atoms with Crippen LogP contribution in [0.2, 0.25) is 0 Å². The number of primary amides is 1. The quantitative estimate of drug-likeness (QED) is 0.743. The number of nitrogens with two attached hydrogens (primary N) is 1. The van der Waals surface area contributed by atoms with Gasteiger partial charge in [0.2, 0.25) is 0 Å². The highest BCUT2D eigenvalue weighted by Crippen LogP contribution is 2.35. The molecular formula is C11H21NO2. The second-order valence-corrected chi connectivity index (χ2v) is 4.80. The number of rotatable bonds is 2. The molecule has 1 amide bonds. The first-order chi connectivity index (χ1) is 6.50. The summed E-state index contributed by atoms with van der Waals surface area (Å²) >= 11 is 0. The van der Waals surface area contributed by atoms with Gasteiger partial charge in [0.15, 0.2) is 0 Å². The van der Waals surface area contributed by atoms with Crippen molar-refractivity contribution < 1.29 is 9.53 Å². The highest BCUT2D eigenvalue weighted by atomic mass is 16.6. The molecule has 0 saturated heterocycles. The Labute approximate surface area is 86.0 Å². The van der Waals surface area contributed by atoms with Crippen LogP contribution < -0.4 is 5.73 Å². The van der Waals surface area contributed by atoms with E-state index in [0.29, 0.717) is 17.8 Å². The molecule has 2 N–H and O–H groups in total. The Bertz CT molecular complexity index is 203. The molecule has 0 spiro atoms. The molecule has 1 rings (SSSR count). The molecule has 0 aromatic carbocycles. The van der Waals surface area contributed by atoms with Crippen molar-refractivity contribution in [2.24, 2.45) is 23.5 Å². The summed E-state index contributed by atoms with van der Waals surface area (Å²) in [5.41, 5.74) is 5.07. The lowest BCUT2D eigenvalue weighted by Gasteiger charge is -2.36. The van der Waals surface area contributed by atoms with E-state index in [1.807, 2.05) is 0 Å². The van der Waals surface area contributed by atoms with E-state index in [-0.39, 0.29) is 6.10 Å². The number of carbonyl (C=O) groups excluding carboxylic acids is 1. The van der Waals surface area contributed by atoms with Gasteiger partial charge < -0.3 is 10.5 Å². The lowest BCUT2D eigenvalue weighted by atomic mass is 9.75. The van der Waals surface area contributed by atoms with Crippen molar-refractivity contribution in [2.45, 2.75) is 46.1 Å². The van der Waals surface area contributed by atoms with Gasteiger partial charge in [-0.05, 0) is 30.6 Å². The molecule has 1 aliphatic carbocycles. The lowest BCUT2D eigenvalue weighted by molar-refractivity contribution is 0.0105. The van der Waals surface area contributed by atoms with E-state index in [9.17, 15) is 4.79 Å². The fourth-order valence-corrected chi connectivity index (χ4v) is 2.40. The molecule has 1 aliphatic rings. The Morgan fingerprint density at radius 3 is 2.57 bits per heavy atom. The fraction of sp³-hybridized carbons (Fsp3) is 0.909. The first-order valence-electron chi connectivity index (χ1n) is 5.46. The molecule has 14 heavy (non-hydrogen) atoms. The maximum Gasteiger partial charge on any atom is 0.404 e. The van der Waals surface area contributed by atoms with Crippen molar-refractivity contribution in [3.8, 4) is 0 Å². The zero-order chi connectivity index (χ0) is 10.7. The van der Waals surface area contributed by atoms with Crippen LogP contribution in [-0.2, 0) is 4.74 Å². The van der Waals surface area contributed by atoms with Crippen molar-refractivity contribution in [3.05, 3.63) is 0 Å². The van der Waals surface area contributed by atoms with E-state index in [4.69, 9.17) is 10.5 Å². The molecule has 3 unspecified atom stereocenters. The maximum atomic E-state index is 10.7. The van der Waals surface area contributed by atoms with E-state index < -0.39 is 6.09 Å². The van der Waals surface area contributed by atoms with Gasteiger partial charge in [-0.1, -0.05) is 27.2 Å². The third-order valence-corrected chi connectivity index (χ3v) is 3.23. The van der Waals surface area contributed by atoms with Crippen LogP contribution in [0.4, 0.5) is 4.79 Å². The van der Waals surface area contributed by atoms with Gasteiger partial charge in [-0.15, -0.1) is 0 Å². The number of carbonyl (C=O) groups is 1. The van der Waals surface area contributed by atoms with Crippen molar-refractivity contribution >= 4 is 6.09 Å². The Balaban J connectivity index is 2.58. The van der Waals surface area contributed by atoms with Crippen LogP contribution in [0.25, 0.3) is 0 Å². The molecule has 1 saturated carbocycles. The third-order valence-electron chi connectivity index (χ3n) is 3.23. The number of ether oxygens (including phenoxy) is 1. The van der Waals surface area contributed by atoms with Crippen molar-refractivity contribution in [1.82, 2.24) is 0 Å². The number of hydrogen-bond acceptors (Lipinski definition) is 2. The second kappa shape index (κ2) is 4.67. The molecule has 82 valence electrons. The van der Waals surface area contributed by atoms with Crippen molar-refractivity contribution in [1.29, 1.82) is 0 Å². The van der Waals surface area contributed by atoms with Crippen LogP contribution in [0.1, 0.15) is 40.0 Å². The van der Waals surface area contributed by atoms with Crippen LogP contribution in [0.3, 0.4) is 0 Å². The number of hydrogen-bond donors (Lipinski definition) is 1. The summed E-state index contributed by atoms with van der Waals surface area (Å²) in [7, 11) is 0. The average Bonchev–Trinajstić information content (AvgIpc) is 2.01. The Kier molecular flexibility index (Phi) is 3.78. The molecule has 1 fully saturated rings. The van der Waals surface area contributed by atoms with Crippen LogP contribution in [0.15, 0.2) is 0 Å². The van der Waals surface area contributed by atoms with Crippen LogP contribution in [0, 0.1) is 17.8 Å². The largest absolute Gasteiger partial charge is 0.446 e. The van der Waals surface area contributed by atoms with E-state index >= 15 is 0 Å². The van der Waals surface area contributed by atoms with Gasteiger partial charge in [-0.25, -0.2) is 4.79 Å². The first-order valence-corrected chi connectivity index (χ1v) is 5.46. The third kappa shape index (κ3) is 2.89. The summed E-state index contributed by atoms with van der Waals surface area (Å²) in [6.45, 7) is 6.56. The monoisotopic (exact) mass is 199 g/mol. The molecule has 0 aromatic heterocycles. The van der Waals surface area contributed by atoms with E-state index in [0.717, 1.165) is 12.8 Å². The molecule has 0 radical (unpaired) electrons. The van der Waals surface area contributed by atoms with Gasteiger partial charge in [-0.3, -0.25) is 0 Å². The Morgan fingerprint density at radius 2 is 2.07 bits per heavy atom. The van der Waals surface area contributed by atoms with Crippen molar-refractivity contribution in [2.75, 3.05) is 0 Å². The second-order valence-electron chi connectivity index (χ2n) is 4.80. The molecule has 0 aliphatic heterocycles. The normalized spacial score (nSPS) is 33.0. The fourth-order valence-electron chi connectivity index (χ4n) is 2.40. The number of amides is 1. The van der Waals surface area contributed by atoms with Crippen LogP contribution >= 0.6 is 0 Å². The zero-order valence-corrected chi connectivity index (χ0v) is 9.32. The summed E-state index contributed by atoms with van der Waals surface area (Å²) in [5, 5.41) is 0. The van der Waals surface area contributed by atoms with Crippen molar-refractivity contribution in [3.63, 3.8) is 0 Å². The van der Waals surface area contributed by atoms with Gasteiger partial charge >= 0.3 is 6.09 Å². The predicted molar refractivity (Wildman–Crippen MR) is 55.8 cm³/mol. The molecule has 0 aromatic rings. The topological polar surface area (TPSA) is 52.3 Å². The van der Waals surface area contributed by atoms with Crippen LogP contribution in [-0.4, -0.2) is 12.2 Å². The predicted octanol–water partition coefficient (Wildman–Crippen LogP) is 2.54. The Morgan fingerprint density at radius 1 is 1.43 bits per heavy atom. The molecule has 0 heterocycles. The minimum Gasteiger partial charge on any atom is -0.446 e. The van der Waals surface area contributed by atoms with E-state index in [1.54, 1.807) is 0 Å². The minimum atomic E-state index is -0.630. The van der Waals surface area contributed by atoms with Gasteiger partial charge in [0.1, 0.15) is 6.10 Å². The lowest BCUT2D eigenvalue weighted by Crippen LogP contribution is -2.37. The maximum absolute atomic E-state index is 10.7. The van der Waals surface area contributed by atoms with Crippen LogP contribution in [0.5, 0.6) is 0 Å². The molecule has 3 heteroatoms. The summed E-state index contributed by atoms with van der Waals surface area (Å²) in [5.74, 6) is 1.69. The molecule has 0 bridgehead atoms. The molecule has 3 atom stereocenters. The summed E-state index contributed by atoms with van der Waals surface area (Å²) < 4.78 is 5.17. The summed E-state index contributed by atoms with van der Waals surface area (Å²) in [4.78, 5) is 10.7. The van der Waals surface area contributed by atoms with E-state index in [1.165, 1.54) is 6.42 Å². The van der Waals surface area contributed by atoms with Gasteiger partial charge in [0.25, 0.3) is 0 Å². The summed E-state index contributed by atoms with van der Waals surface area (Å²) in [6, 6.07) is 0. The first kappa shape index (κ1) is 11.3. The molecular weight excluding hydrogens is 178 g/mol. The zero-order valence-electron chi connectivity index (χ0n) is 9.32. The molecule has 3 nitrogen and oxygen atoms in total. The highest BCUT2D eigenvalue weighted by Gasteiger charge is 2.32. The highest BCUT2D eigenvalue weighted by molar-refractivity contribution is 5.64. The standard InChI is InChI=1S/C11H21NO2/c1-7(2)9-5-4-8(3)6-10(9)14-11(12)13/h7-10H,4-6H2,1-3H3,(H2,12,13). The smallest absolute Gasteiger partial charge is 0.404 e. The van der Waals surface area contributed by atoms with Gasteiger partial charge in [0.05, 0.1) is 0 Å². The SMILES string of the molecule is CC1CCC(C(C)C)C(OC(N)=O)C1.